The van der Waals surface area contributed by atoms with Crippen LogP contribution in [0.5, 0.6) is 0 Å². The quantitative estimate of drug-likeness (QED) is 0.329. The summed E-state index contributed by atoms with van der Waals surface area (Å²) in [6.45, 7) is 4.24. The number of likely N-dealkylation sites (tertiary alicyclic amines) is 1. The van der Waals surface area contributed by atoms with Crippen LogP contribution in [-0.4, -0.2) is 75.5 Å². The van der Waals surface area contributed by atoms with E-state index in [1.54, 1.807) is 23.7 Å². The van der Waals surface area contributed by atoms with E-state index in [-0.39, 0.29) is 17.9 Å². The number of hydrogen-bond acceptors (Lipinski definition) is 9. The zero-order chi connectivity index (χ0) is 28.5. The van der Waals surface area contributed by atoms with Gasteiger partial charge in [0.2, 0.25) is 0 Å². The zero-order valence-corrected chi connectivity index (χ0v) is 24.8. The van der Waals surface area contributed by atoms with Crippen LogP contribution in [-0.2, 0) is 17.6 Å². The molecule has 0 radical (unpaired) electrons. The number of nitrogens with zero attached hydrogens (tertiary/aromatic N) is 5. The van der Waals surface area contributed by atoms with Gasteiger partial charge in [0.1, 0.15) is 10.7 Å². The van der Waals surface area contributed by atoms with Crippen molar-refractivity contribution in [3.8, 4) is 10.6 Å². The molecule has 216 valence electrons. The zero-order valence-electron chi connectivity index (χ0n) is 23.2. The summed E-state index contributed by atoms with van der Waals surface area (Å²) in [7, 11) is 0. The molecule has 0 bridgehead atoms. The maximum Gasteiger partial charge on any atom is 0.273 e. The van der Waals surface area contributed by atoms with Crippen molar-refractivity contribution in [2.24, 2.45) is 0 Å². The van der Waals surface area contributed by atoms with Gasteiger partial charge in [-0.2, -0.15) is 0 Å². The lowest BCUT2D eigenvalue weighted by molar-refractivity contribution is 0.0139. The van der Waals surface area contributed by atoms with Crippen LogP contribution in [0.15, 0.2) is 54.2 Å². The van der Waals surface area contributed by atoms with Gasteiger partial charge in [0.15, 0.2) is 5.13 Å². The number of morpholine rings is 1. The third kappa shape index (κ3) is 5.61. The van der Waals surface area contributed by atoms with Gasteiger partial charge in [-0.25, -0.2) is 9.97 Å². The molecule has 1 N–H and O–H groups in total. The second-order valence-corrected chi connectivity index (χ2v) is 12.9. The van der Waals surface area contributed by atoms with Crippen LogP contribution >= 0.6 is 22.7 Å². The predicted molar refractivity (Wildman–Crippen MR) is 163 cm³/mol. The number of thiazole rings is 2. The molecule has 11 heteroatoms. The first kappa shape index (κ1) is 27.3. The van der Waals surface area contributed by atoms with Gasteiger partial charge in [-0.1, -0.05) is 12.1 Å². The molecule has 2 saturated heterocycles. The lowest BCUT2D eigenvalue weighted by Gasteiger charge is -2.36. The number of ether oxygens (including phenoxy) is 1. The van der Waals surface area contributed by atoms with Gasteiger partial charge in [0.25, 0.3) is 11.8 Å². The molecule has 2 fully saturated rings. The van der Waals surface area contributed by atoms with E-state index in [2.05, 4.69) is 20.2 Å². The molecule has 2 aliphatic heterocycles. The monoisotopic (exact) mass is 600 g/mol. The first-order chi connectivity index (χ1) is 20.6. The van der Waals surface area contributed by atoms with Crippen molar-refractivity contribution in [2.45, 2.75) is 44.2 Å². The lowest BCUT2D eigenvalue weighted by atomic mass is 9.96. The standard InChI is InChI=1S/C31H32N6O3S2/c38-28(35-31-34-24-9-8-23(17-27(24)42-31)36-12-14-40-15-13-36)21-5-1-4-20(16-21)26-7-3-11-37(26)30(39)25-19-41-29(33-25)22-6-2-10-32-18-22/h1-2,4-6,10,16,18-19,23,26H,3,7-9,11-15,17H2,(H,34,35,38)/t23-,26+/m0/s1. The third-order valence-electron chi connectivity index (χ3n) is 8.38. The Bertz CT molecular complexity index is 1580. The molecule has 42 heavy (non-hydrogen) atoms. The first-order valence-corrected chi connectivity index (χ1v) is 16.2. The number of nitrogens with one attached hydrogen (secondary N) is 1. The van der Waals surface area contributed by atoms with E-state index in [4.69, 9.17) is 9.72 Å². The molecule has 3 aliphatic rings. The summed E-state index contributed by atoms with van der Waals surface area (Å²) in [6.07, 6.45) is 8.24. The van der Waals surface area contributed by atoms with Crippen LogP contribution in [0, 0.1) is 0 Å². The molecule has 0 saturated carbocycles. The van der Waals surface area contributed by atoms with E-state index in [0.717, 1.165) is 80.2 Å². The summed E-state index contributed by atoms with van der Waals surface area (Å²) in [6, 6.07) is 11.9. The average molecular weight is 601 g/mol. The van der Waals surface area contributed by atoms with Gasteiger partial charge in [0.05, 0.1) is 24.9 Å². The molecule has 9 nitrogen and oxygen atoms in total. The summed E-state index contributed by atoms with van der Waals surface area (Å²) >= 11 is 3.04. The summed E-state index contributed by atoms with van der Waals surface area (Å²) < 4.78 is 5.52. The van der Waals surface area contributed by atoms with Gasteiger partial charge < -0.3 is 9.64 Å². The van der Waals surface area contributed by atoms with Crippen molar-refractivity contribution >= 4 is 39.6 Å². The fraction of sp³-hybridized carbons (Fsp3) is 0.387. The van der Waals surface area contributed by atoms with Crippen LogP contribution in [0.1, 0.15) is 62.3 Å². The average Bonchev–Trinajstić information content (AvgIpc) is 3.81. The Labute approximate surface area is 252 Å². The minimum absolute atomic E-state index is 0.0810. The smallest absolute Gasteiger partial charge is 0.273 e. The number of carbonyl (C=O) groups excluding carboxylic acids is 2. The number of fused-ring (bicyclic) bond motifs is 1. The van der Waals surface area contributed by atoms with Crippen molar-refractivity contribution < 1.29 is 14.3 Å². The number of benzene rings is 1. The van der Waals surface area contributed by atoms with Crippen molar-refractivity contribution in [3.63, 3.8) is 0 Å². The highest BCUT2D eigenvalue weighted by Crippen LogP contribution is 2.35. The normalized spacial score (nSPS) is 20.8. The second kappa shape index (κ2) is 12.0. The number of carbonyl (C=O) groups is 2. The molecule has 4 aromatic rings. The van der Waals surface area contributed by atoms with Crippen molar-refractivity contribution in [1.29, 1.82) is 0 Å². The highest BCUT2D eigenvalue weighted by Gasteiger charge is 2.33. The minimum atomic E-state index is -0.177. The van der Waals surface area contributed by atoms with Crippen LogP contribution < -0.4 is 5.32 Å². The first-order valence-electron chi connectivity index (χ1n) is 14.5. The molecular formula is C31H32N6O3S2. The highest BCUT2D eigenvalue weighted by molar-refractivity contribution is 7.16. The van der Waals surface area contributed by atoms with Crippen molar-refractivity contribution in [3.05, 3.63) is 81.6 Å². The maximum absolute atomic E-state index is 13.5. The molecule has 1 aliphatic carbocycles. The molecule has 5 heterocycles. The predicted octanol–water partition coefficient (Wildman–Crippen LogP) is 5.08. The summed E-state index contributed by atoms with van der Waals surface area (Å²) in [5, 5.41) is 6.30. The number of pyridine rings is 1. The summed E-state index contributed by atoms with van der Waals surface area (Å²) in [5.41, 5.74) is 3.99. The Morgan fingerprint density at radius 2 is 1.95 bits per heavy atom. The maximum atomic E-state index is 13.5. The van der Waals surface area contributed by atoms with E-state index in [9.17, 15) is 9.59 Å². The van der Waals surface area contributed by atoms with E-state index in [0.29, 0.717) is 29.0 Å². The van der Waals surface area contributed by atoms with E-state index >= 15 is 0 Å². The lowest BCUT2D eigenvalue weighted by Crippen LogP contribution is -2.45. The van der Waals surface area contributed by atoms with E-state index in [1.165, 1.54) is 16.2 Å². The topological polar surface area (TPSA) is 101 Å². The van der Waals surface area contributed by atoms with Crippen LogP contribution in [0.4, 0.5) is 5.13 Å². The van der Waals surface area contributed by atoms with Crippen LogP contribution in [0.2, 0.25) is 0 Å². The van der Waals surface area contributed by atoms with Gasteiger partial charge in [-0.15, -0.1) is 22.7 Å². The molecule has 0 spiro atoms. The van der Waals surface area contributed by atoms with Crippen LogP contribution in [0.25, 0.3) is 10.6 Å². The third-order valence-corrected chi connectivity index (χ3v) is 10.3. The molecular weight excluding hydrogens is 569 g/mol. The van der Waals surface area contributed by atoms with Gasteiger partial charge in [0, 0.05) is 59.5 Å². The molecule has 1 aromatic carbocycles. The van der Waals surface area contributed by atoms with Crippen molar-refractivity contribution in [2.75, 3.05) is 38.2 Å². The Morgan fingerprint density at radius 1 is 1.05 bits per heavy atom. The SMILES string of the molecule is O=C(Nc1nc2c(s1)C[C@@H](N1CCOCC1)CC2)c1cccc([C@H]2CCCN2C(=O)c2csc(-c3cccnc3)n2)c1. The van der Waals surface area contributed by atoms with E-state index in [1.807, 2.05) is 46.7 Å². The molecule has 7 rings (SSSR count). The second-order valence-electron chi connectivity index (χ2n) is 10.9. The fourth-order valence-corrected chi connectivity index (χ4v) is 8.08. The summed E-state index contributed by atoms with van der Waals surface area (Å²) in [4.78, 5) is 46.1. The largest absolute Gasteiger partial charge is 0.379 e. The number of aromatic nitrogens is 3. The minimum Gasteiger partial charge on any atom is -0.379 e. The number of hydrogen-bond donors (Lipinski definition) is 1. The Kier molecular flexibility index (Phi) is 7.81. The highest BCUT2D eigenvalue weighted by atomic mass is 32.1. The number of anilines is 1. The van der Waals surface area contributed by atoms with E-state index < -0.39 is 0 Å². The molecule has 2 amide bonds. The number of aryl methyl sites for hydroxylation is 1. The van der Waals surface area contributed by atoms with Crippen molar-refractivity contribution in [1.82, 2.24) is 24.8 Å². The molecule has 3 aromatic heterocycles. The van der Waals surface area contributed by atoms with Crippen LogP contribution in [0.3, 0.4) is 0 Å². The van der Waals surface area contributed by atoms with Gasteiger partial charge in [-0.3, -0.25) is 24.8 Å². The van der Waals surface area contributed by atoms with Gasteiger partial charge in [-0.05, 0) is 61.9 Å². The summed E-state index contributed by atoms with van der Waals surface area (Å²) in [5.74, 6) is -0.258. The fourth-order valence-electron chi connectivity index (χ4n) is 6.22. The Balaban J connectivity index is 1.03. The van der Waals surface area contributed by atoms with Gasteiger partial charge >= 0.3 is 0 Å². The Hall–Kier alpha value is -3.51. The molecule has 2 atom stereocenters. The Morgan fingerprint density at radius 3 is 2.81 bits per heavy atom. The number of amides is 2. The number of rotatable bonds is 6. The molecule has 0 unspecified atom stereocenters.